The number of ether oxygens (including phenoxy) is 2. The monoisotopic (exact) mass is 445 g/mol. The molecule has 6 nitrogen and oxygen atoms in total. The molecule has 0 fully saturated rings. The van der Waals surface area contributed by atoms with Crippen molar-refractivity contribution in [3.63, 3.8) is 0 Å². The Morgan fingerprint density at radius 3 is 2.56 bits per heavy atom. The first-order valence-electron chi connectivity index (χ1n) is 10.4. The maximum Gasteiger partial charge on any atom is 0.350 e. The molecule has 4 aromatic rings. The van der Waals surface area contributed by atoms with Crippen molar-refractivity contribution in [2.24, 2.45) is 0 Å². The summed E-state index contributed by atoms with van der Waals surface area (Å²) in [7, 11) is 0. The van der Waals surface area contributed by atoms with Crippen molar-refractivity contribution in [1.29, 1.82) is 5.26 Å². The Kier molecular flexibility index (Phi) is 6.24. The predicted molar refractivity (Wildman–Crippen MR) is 125 cm³/mol. The van der Waals surface area contributed by atoms with Gasteiger partial charge >= 0.3 is 5.97 Å². The highest BCUT2D eigenvalue weighted by Gasteiger charge is 2.25. The van der Waals surface area contributed by atoms with Gasteiger partial charge in [-0.2, -0.15) is 10.2 Å². The molecular formula is C25H23N3O3S. The molecule has 2 aromatic heterocycles. The molecule has 0 unspecified atom stereocenters. The molecule has 0 saturated carbocycles. The molecule has 2 aromatic carbocycles. The third kappa shape index (κ3) is 3.97. The molecule has 0 aliphatic heterocycles. The van der Waals surface area contributed by atoms with Crippen molar-refractivity contribution in [3.05, 3.63) is 69.4 Å². The Morgan fingerprint density at radius 2 is 1.88 bits per heavy atom. The first kappa shape index (κ1) is 21.6. The van der Waals surface area contributed by atoms with E-state index in [-0.39, 0.29) is 5.97 Å². The van der Waals surface area contributed by atoms with Crippen LogP contribution in [0.15, 0.2) is 48.5 Å². The summed E-state index contributed by atoms with van der Waals surface area (Å²) in [5, 5.41) is 9.39. The molecule has 0 saturated heterocycles. The lowest BCUT2D eigenvalue weighted by Crippen LogP contribution is -2.08. The lowest BCUT2D eigenvalue weighted by atomic mass is 9.99. The Morgan fingerprint density at radius 1 is 1.12 bits per heavy atom. The van der Waals surface area contributed by atoms with Gasteiger partial charge in [-0.25, -0.2) is 4.79 Å². The molecular weight excluding hydrogens is 422 g/mol. The number of esters is 1. The van der Waals surface area contributed by atoms with E-state index in [1.54, 1.807) is 6.92 Å². The van der Waals surface area contributed by atoms with Crippen molar-refractivity contribution in [2.75, 3.05) is 13.2 Å². The summed E-state index contributed by atoms with van der Waals surface area (Å²) >= 11 is 1.39. The fourth-order valence-corrected chi connectivity index (χ4v) is 4.67. The second kappa shape index (κ2) is 9.25. The topological polar surface area (TPSA) is 77.1 Å². The van der Waals surface area contributed by atoms with E-state index in [0.717, 1.165) is 32.6 Å². The predicted octanol–water partition coefficient (Wildman–Crippen LogP) is 5.57. The van der Waals surface area contributed by atoms with Crippen LogP contribution in [0.4, 0.5) is 0 Å². The minimum Gasteiger partial charge on any atom is -0.465 e. The van der Waals surface area contributed by atoms with Gasteiger partial charge in [0.1, 0.15) is 10.4 Å². The van der Waals surface area contributed by atoms with Crippen molar-refractivity contribution in [1.82, 2.24) is 9.55 Å². The maximum absolute atomic E-state index is 12.6. The summed E-state index contributed by atoms with van der Waals surface area (Å²) in [5.41, 5.74) is 5.06. The van der Waals surface area contributed by atoms with E-state index in [9.17, 15) is 10.1 Å². The summed E-state index contributed by atoms with van der Waals surface area (Å²) in [5.74, 6) is -0.344. The van der Waals surface area contributed by atoms with E-state index in [2.05, 4.69) is 11.1 Å². The number of aromatic nitrogens is 2. The van der Waals surface area contributed by atoms with Crippen LogP contribution in [0.25, 0.3) is 22.2 Å². The number of nitrogens with zero attached hydrogens (tertiary/aromatic N) is 3. The van der Waals surface area contributed by atoms with Crippen LogP contribution >= 0.6 is 11.3 Å². The Hall–Kier alpha value is -3.63. The summed E-state index contributed by atoms with van der Waals surface area (Å²) in [4.78, 5) is 18.7. The average molecular weight is 446 g/mol. The van der Waals surface area contributed by atoms with E-state index in [1.807, 2.05) is 66.9 Å². The van der Waals surface area contributed by atoms with Gasteiger partial charge in [0.2, 0.25) is 0 Å². The standard InChI is InChI=1S/C25H23N3O3S/c1-4-30-24(29)23-22-21(16(3)32-23)27-25(31-5-2)28(22)15-17-10-12-18(13-11-17)20-9-7-6-8-19(20)14-26/h6-13H,4-5,15H2,1-3H3. The smallest absolute Gasteiger partial charge is 0.350 e. The molecule has 0 atom stereocenters. The van der Waals surface area contributed by atoms with Gasteiger partial charge in [0.25, 0.3) is 6.01 Å². The largest absolute Gasteiger partial charge is 0.465 e. The van der Waals surface area contributed by atoms with E-state index < -0.39 is 0 Å². The zero-order chi connectivity index (χ0) is 22.7. The van der Waals surface area contributed by atoms with E-state index in [4.69, 9.17) is 9.47 Å². The molecule has 0 spiro atoms. The van der Waals surface area contributed by atoms with Crippen LogP contribution in [0.1, 0.15) is 39.5 Å². The third-order valence-electron chi connectivity index (χ3n) is 5.12. The number of imidazole rings is 1. The molecule has 4 rings (SSSR count). The number of aryl methyl sites for hydroxylation is 1. The number of thiophene rings is 1. The average Bonchev–Trinajstić information content (AvgIpc) is 3.32. The number of hydrogen-bond donors (Lipinski definition) is 0. The first-order chi connectivity index (χ1) is 15.6. The molecule has 162 valence electrons. The summed E-state index contributed by atoms with van der Waals surface area (Å²) in [6.45, 7) is 6.94. The second-order valence-corrected chi connectivity index (χ2v) is 8.40. The molecule has 0 aliphatic carbocycles. The number of nitriles is 1. The SMILES string of the molecule is CCOC(=O)c1sc(C)c2nc(OCC)n(Cc3ccc(-c4ccccc4C#N)cc3)c12. The van der Waals surface area contributed by atoms with E-state index in [0.29, 0.717) is 36.2 Å². The highest BCUT2D eigenvalue weighted by molar-refractivity contribution is 7.15. The first-order valence-corrected chi connectivity index (χ1v) is 11.3. The number of hydrogen-bond acceptors (Lipinski definition) is 6. The number of carbonyl (C=O) groups excluding carboxylic acids is 1. The zero-order valence-corrected chi connectivity index (χ0v) is 19.0. The van der Waals surface area contributed by atoms with Gasteiger partial charge in [0.05, 0.1) is 36.9 Å². The molecule has 2 heterocycles. The van der Waals surface area contributed by atoms with Crippen LogP contribution in [0.3, 0.4) is 0 Å². The lowest BCUT2D eigenvalue weighted by Gasteiger charge is -2.11. The van der Waals surface area contributed by atoms with E-state index in [1.165, 1.54) is 11.3 Å². The number of rotatable bonds is 7. The number of benzene rings is 2. The van der Waals surface area contributed by atoms with Crippen LogP contribution < -0.4 is 4.74 Å². The molecule has 0 aliphatic rings. The fourth-order valence-electron chi connectivity index (χ4n) is 3.68. The number of carbonyl (C=O) groups is 1. The lowest BCUT2D eigenvalue weighted by molar-refractivity contribution is 0.0533. The summed E-state index contributed by atoms with van der Waals surface area (Å²) < 4.78 is 13.0. The second-order valence-electron chi connectivity index (χ2n) is 7.17. The van der Waals surface area contributed by atoms with Gasteiger partial charge in [-0.15, -0.1) is 11.3 Å². The quantitative estimate of drug-likeness (QED) is 0.348. The van der Waals surface area contributed by atoms with Crippen LogP contribution in [-0.4, -0.2) is 28.7 Å². The molecule has 0 radical (unpaired) electrons. The normalized spacial score (nSPS) is 10.8. The van der Waals surface area contributed by atoms with Crippen LogP contribution in [0.2, 0.25) is 0 Å². The molecule has 0 amide bonds. The van der Waals surface area contributed by atoms with Crippen molar-refractivity contribution in [3.8, 4) is 23.2 Å². The minimum atomic E-state index is -0.344. The Labute approximate surface area is 190 Å². The van der Waals surface area contributed by atoms with Crippen molar-refractivity contribution in [2.45, 2.75) is 27.3 Å². The highest BCUT2D eigenvalue weighted by Crippen LogP contribution is 2.35. The van der Waals surface area contributed by atoms with Gasteiger partial charge in [-0.3, -0.25) is 4.57 Å². The van der Waals surface area contributed by atoms with Gasteiger partial charge in [-0.05, 0) is 43.5 Å². The van der Waals surface area contributed by atoms with Crippen molar-refractivity contribution < 1.29 is 14.3 Å². The van der Waals surface area contributed by atoms with Gasteiger partial charge in [-0.1, -0.05) is 42.5 Å². The summed E-state index contributed by atoms with van der Waals surface area (Å²) in [6, 6.07) is 18.3. The van der Waals surface area contributed by atoms with Gasteiger partial charge in [0.15, 0.2) is 0 Å². The van der Waals surface area contributed by atoms with Gasteiger partial charge in [0, 0.05) is 4.88 Å². The fraction of sp³-hybridized carbons (Fsp3) is 0.240. The Bertz CT molecular complexity index is 1310. The summed E-state index contributed by atoms with van der Waals surface area (Å²) in [6.07, 6.45) is 0. The number of fused-ring (bicyclic) bond motifs is 1. The highest BCUT2D eigenvalue weighted by atomic mass is 32.1. The maximum atomic E-state index is 12.6. The third-order valence-corrected chi connectivity index (χ3v) is 6.19. The van der Waals surface area contributed by atoms with Gasteiger partial charge < -0.3 is 9.47 Å². The Balaban J connectivity index is 1.74. The molecule has 7 heteroatoms. The van der Waals surface area contributed by atoms with Crippen LogP contribution in [0, 0.1) is 18.3 Å². The molecule has 32 heavy (non-hydrogen) atoms. The molecule has 0 bridgehead atoms. The molecule has 0 N–H and O–H groups in total. The van der Waals surface area contributed by atoms with Crippen molar-refractivity contribution >= 4 is 28.3 Å². The zero-order valence-electron chi connectivity index (χ0n) is 18.2. The van der Waals surface area contributed by atoms with Crippen LogP contribution in [-0.2, 0) is 11.3 Å². The van der Waals surface area contributed by atoms with E-state index >= 15 is 0 Å². The minimum absolute atomic E-state index is 0.315. The van der Waals surface area contributed by atoms with Crippen LogP contribution in [0.5, 0.6) is 6.01 Å².